The van der Waals surface area contributed by atoms with Crippen molar-refractivity contribution >= 4 is 11.4 Å². The summed E-state index contributed by atoms with van der Waals surface area (Å²) in [6.07, 6.45) is 2.62. The molecule has 0 radical (unpaired) electrons. The van der Waals surface area contributed by atoms with Gasteiger partial charge < -0.3 is 9.80 Å². The van der Waals surface area contributed by atoms with Crippen LogP contribution in [0.3, 0.4) is 0 Å². The fraction of sp³-hybridized carbons (Fsp3) is 0.345. The average Bonchev–Trinajstić information content (AvgIpc) is 3.77. The summed E-state index contributed by atoms with van der Waals surface area (Å²) in [6.45, 7) is 4.81. The van der Waals surface area contributed by atoms with Crippen LogP contribution in [0.4, 0.5) is 20.2 Å². The minimum Gasteiger partial charge on any atom is -0.368 e. The molecule has 0 bridgehead atoms. The molecule has 40 heavy (non-hydrogen) atoms. The molecule has 6 rings (SSSR count). The van der Waals surface area contributed by atoms with Crippen molar-refractivity contribution in [3.8, 4) is 17.2 Å². The van der Waals surface area contributed by atoms with Crippen LogP contribution in [0.5, 0.6) is 0 Å². The van der Waals surface area contributed by atoms with Crippen molar-refractivity contribution in [2.75, 3.05) is 36.0 Å². The van der Waals surface area contributed by atoms with Gasteiger partial charge in [-0.3, -0.25) is 4.98 Å². The number of rotatable bonds is 7. The summed E-state index contributed by atoms with van der Waals surface area (Å²) >= 11 is 0. The Balaban J connectivity index is 1.14. The van der Waals surface area contributed by atoms with Crippen LogP contribution in [-0.4, -0.2) is 51.4 Å². The van der Waals surface area contributed by atoms with Crippen LogP contribution in [-0.2, 0) is 11.5 Å². The van der Waals surface area contributed by atoms with Crippen LogP contribution in [0.15, 0.2) is 71.7 Å². The van der Waals surface area contributed by atoms with Gasteiger partial charge in [-0.05, 0) is 84.1 Å². The van der Waals surface area contributed by atoms with E-state index in [4.69, 9.17) is 5.26 Å². The van der Waals surface area contributed by atoms with Gasteiger partial charge in [0.05, 0.1) is 11.6 Å². The normalized spacial score (nSPS) is 17.4. The van der Waals surface area contributed by atoms with Crippen LogP contribution >= 0.6 is 0 Å². The maximum Gasteiger partial charge on any atom is 0.361 e. The Bertz CT molecular complexity index is 1580. The SMILES string of the molecule is CC(C1CC1)(n1nn[nH]c1=O)C(F)(F)c1ccc(-c2ccc(N3CCN(c4ccc(C#N)cc4)CC3)cc2)cn1. The fourth-order valence-corrected chi connectivity index (χ4v) is 5.55. The van der Waals surface area contributed by atoms with Crippen molar-refractivity contribution in [1.29, 1.82) is 5.26 Å². The summed E-state index contributed by atoms with van der Waals surface area (Å²) in [7, 11) is 0. The van der Waals surface area contributed by atoms with Gasteiger partial charge in [-0.15, -0.1) is 0 Å². The molecule has 1 saturated heterocycles. The maximum atomic E-state index is 15.9. The third kappa shape index (κ3) is 4.39. The largest absolute Gasteiger partial charge is 0.368 e. The molecule has 2 aromatic carbocycles. The molecule has 9 nitrogen and oxygen atoms in total. The lowest BCUT2D eigenvalue weighted by Gasteiger charge is -2.37. The summed E-state index contributed by atoms with van der Waals surface area (Å²) in [4.78, 5) is 20.9. The van der Waals surface area contributed by atoms with E-state index in [-0.39, 0.29) is 0 Å². The molecule has 1 aliphatic carbocycles. The first-order valence-electron chi connectivity index (χ1n) is 13.3. The van der Waals surface area contributed by atoms with E-state index in [2.05, 4.69) is 36.4 Å². The number of halogens is 2. The van der Waals surface area contributed by atoms with E-state index in [0.717, 1.165) is 53.4 Å². The van der Waals surface area contributed by atoms with E-state index in [9.17, 15) is 4.79 Å². The zero-order chi connectivity index (χ0) is 27.9. The van der Waals surface area contributed by atoms with E-state index in [0.29, 0.717) is 18.4 Å². The highest BCUT2D eigenvalue weighted by atomic mass is 19.3. The summed E-state index contributed by atoms with van der Waals surface area (Å²) in [6, 6.07) is 20.8. The molecule has 1 unspecified atom stereocenters. The lowest BCUT2D eigenvalue weighted by Crippen LogP contribution is -2.52. The number of tetrazole rings is 1. The standard InChI is InChI=1S/C29H28F2N8O/c1-28(23-7-8-23,39-27(40)34-35-36-39)29(30,31)26-13-6-22(19-33-26)21-4-11-25(12-5-21)38-16-14-37(15-17-38)24-9-2-20(18-32)3-10-24/h2-6,9-13,19,23H,7-8,14-17H2,1H3,(H,34,36,40). The highest BCUT2D eigenvalue weighted by Gasteiger charge is 2.63. The van der Waals surface area contributed by atoms with Crippen molar-refractivity contribution in [3.05, 3.63) is 88.6 Å². The molecular weight excluding hydrogens is 514 g/mol. The molecule has 1 saturated carbocycles. The number of hydrogen-bond acceptors (Lipinski definition) is 7. The van der Waals surface area contributed by atoms with Crippen molar-refractivity contribution in [2.45, 2.75) is 31.2 Å². The molecule has 1 atom stereocenters. The van der Waals surface area contributed by atoms with E-state index in [1.807, 2.05) is 48.5 Å². The third-order valence-corrected chi connectivity index (χ3v) is 8.21. The number of alkyl halides is 2. The van der Waals surface area contributed by atoms with Gasteiger partial charge in [-0.25, -0.2) is 9.89 Å². The average molecular weight is 543 g/mol. The van der Waals surface area contributed by atoms with Crippen LogP contribution in [0, 0.1) is 17.2 Å². The van der Waals surface area contributed by atoms with Gasteiger partial charge in [-0.1, -0.05) is 18.2 Å². The minimum absolute atomic E-state index is 0.398. The second-order valence-corrected chi connectivity index (χ2v) is 10.5. The summed E-state index contributed by atoms with van der Waals surface area (Å²) < 4.78 is 32.5. The van der Waals surface area contributed by atoms with E-state index in [1.165, 1.54) is 19.2 Å². The number of aromatic amines is 1. The summed E-state index contributed by atoms with van der Waals surface area (Å²) in [5.41, 5.74) is 1.43. The molecule has 2 aromatic heterocycles. The molecule has 2 fully saturated rings. The second kappa shape index (κ2) is 9.86. The molecule has 0 amide bonds. The second-order valence-electron chi connectivity index (χ2n) is 10.5. The lowest BCUT2D eigenvalue weighted by molar-refractivity contribution is -0.134. The first kappa shape index (κ1) is 25.7. The van der Waals surface area contributed by atoms with Crippen molar-refractivity contribution in [2.24, 2.45) is 5.92 Å². The van der Waals surface area contributed by atoms with Crippen LogP contribution in [0.2, 0.25) is 0 Å². The number of hydrogen-bond donors (Lipinski definition) is 1. The molecule has 1 aliphatic heterocycles. The van der Waals surface area contributed by atoms with Gasteiger partial charge in [-0.2, -0.15) is 18.7 Å². The molecule has 11 heteroatoms. The molecule has 0 spiro atoms. The number of piperazine rings is 1. The Hall–Kier alpha value is -4.59. The van der Waals surface area contributed by atoms with E-state index < -0.39 is 28.8 Å². The van der Waals surface area contributed by atoms with E-state index in [1.54, 1.807) is 6.07 Å². The van der Waals surface area contributed by atoms with Gasteiger partial charge in [0.25, 0.3) is 0 Å². The summed E-state index contributed by atoms with van der Waals surface area (Å²) in [5.74, 6) is -3.83. The predicted octanol–water partition coefficient (Wildman–Crippen LogP) is 4.14. The number of aromatic nitrogens is 5. The Morgan fingerprint density at radius 2 is 1.48 bits per heavy atom. The zero-order valence-corrected chi connectivity index (χ0v) is 22.0. The fourth-order valence-electron chi connectivity index (χ4n) is 5.55. The lowest BCUT2D eigenvalue weighted by atomic mass is 9.85. The molecule has 2 aliphatic rings. The zero-order valence-electron chi connectivity index (χ0n) is 22.0. The first-order chi connectivity index (χ1) is 19.3. The number of H-pyrrole nitrogens is 1. The van der Waals surface area contributed by atoms with Gasteiger partial charge in [0, 0.05) is 49.3 Å². The number of benzene rings is 2. The van der Waals surface area contributed by atoms with Crippen molar-refractivity contribution in [3.63, 3.8) is 0 Å². The van der Waals surface area contributed by atoms with Crippen molar-refractivity contribution < 1.29 is 8.78 Å². The van der Waals surface area contributed by atoms with Gasteiger partial charge in [0.2, 0.25) is 0 Å². The van der Waals surface area contributed by atoms with Gasteiger partial charge >= 0.3 is 11.6 Å². The first-order valence-corrected chi connectivity index (χ1v) is 13.3. The van der Waals surface area contributed by atoms with E-state index >= 15 is 8.78 Å². The summed E-state index contributed by atoms with van der Waals surface area (Å²) in [5, 5.41) is 18.2. The predicted molar refractivity (Wildman–Crippen MR) is 146 cm³/mol. The smallest absolute Gasteiger partial charge is 0.361 e. The van der Waals surface area contributed by atoms with Crippen LogP contribution < -0.4 is 15.5 Å². The Morgan fingerprint density at radius 1 is 0.900 bits per heavy atom. The Morgan fingerprint density at radius 3 is 1.95 bits per heavy atom. The van der Waals surface area contributed by atoms with Crippen molar-refractivity contribution in [1.82, 2.24) is 25.2 Å². The highest BCUT2D eigenvalue weighted by molar-refractivity contribution is 5.66. The molecule has 3 heterocycles. The number of nitrogens with one attached hydrogen (secondary N) is 1. The Kier molecular flexibility index (Phi) is 6.33. The molecule has 4 aromatic rings. The minimum atomic E-state index is -3.43. The Labute approximate surface area is 229 Å². The molecule has 1 N–H and O–H groups in total. The van der Waals surface area contributed by atoms with Crippen LogP contribution in [0.1, 0.15) is 31.0 Å². The number of pyridine rings is 1. The van der Waals surface area contributed by atoms with Gasteiger partial charge in [0.15, 0.2) is 0 Å². The van der Waals surface area contributed by atoms with Crippen LogP contribution in [0.25, 0.3) is 11.1 Å². The molecule has 204 valence electrons. The number of nitrogens with zero attached hydrogens (tertiary/aromatic N) is 7. The highest BCUT2D eigenvalue weighted by Crippen LogP contribution is 2.55. The topological polar surface area (TPSA) is 107 Å². The number of nitriles is 1. The van der Waals surface area contributed by atoms with Gasteiger partial charge in [0.1, 0.15) is 11.2 Å². The number of anilines is 2. The monoisotopic (exact) mass is 542 g/mol. The third-order valence-electron chi connectivity index (χ3n) is 8.21. The maximum absolute atomic E-state index is 15.9. The quantitative estimate of drug-likeness (QED) is 0.374. The molecular formula is C29H28F2N8O.